The van der Waals surface area contributed by atoms with E-state index < -0.39 is 57.5 Å². The van der Waals surface area contributed by atoms with Gasteiger partial charge in [-0.1, -0.05) is 84.9 Å². The molecule has 10 N–H and O–H groups in total. The molecule has 0 atom stereocenters. The standard InChI is InChI=1S/C48H34N2O10/c51-39-37(40(52)44(56)47(59)43(39)55)26-14-20-30(21-15-26)49(31-22-16-27(17-23-31)38-41(53)45(57)48(60)46(58)42(38)54)29-18-12-25(13-19-29)28-6-5-7-32(24-28)50-35-10-3-1-8-33(35)34-9-2-4-11-36(34)50/h1-24,51-60H. The molecule has 8 aromatic carbocycles. The summed E-state index contributed by atoms with van der Waals surface area (Å²) in [4.78, 5) is 1.86. The third-order valence-corrected chi connectivity index (χ3v) is 10.7. The number of aromatic nitrogens is 1. The molecule has 9 aromatic rings. The summed E-state index contributed by atoms with van der Waals surface area (Å²) in [5, 5.41) is 105. The molecule has 0 radical (unpaired) electrons. The Morgan fingerprint density at radius 2 is 0.650 bits per heavy atom. The molecule has 0 bridgehead atoms. The molecule has 0 unspecified atom stereocenters. The number of benzene rings is 8. The van der Waals surface area contributed by atoms with Crippen LogP contribution in [-0.4, -0.2) is 55.6 Å². The van der Waals surface area contributed by atoms with Crippen molar-refractivity contribution in [2.75, 3.05) is 4.90 Å². The molecule has 0 fully saturated rings. The summed E-state index contributed by atoms with van der Waals surface area (Å²) in [6.45, 7) is 0. The van der Waals surface area contributed by atoms with E-state index in [0.29, 0.717) is 17.1 Å². The Kier molecular flexibility index (Phi) is 8.67. The first-order chi connectivity index (χ1) is 28.9. The van der Waals surface area contributed by atoms with Crippen LogP contribution in [0, 0.1) is 0 Å². The van der Waals surface area contributed by atoms with Gasteiger partial charge >= 0.3 is 0 Å². The summed E-state index contributed by atoms with van der Waals surface area (Å²) in [5.41, 5.74) is 6.70. The van der Waals surface area contributed by atoms with Crippen LogP contribution >= 0.6 is 0 Å². The van der Waals surface area contributed by atoms with Gasteiger partial charge in [-0.3, -0.25) is 0 Å². The zero-order chi connectivity index (χ0) is 42.0. The maximum atomic E-state index is 10.6. The third kappa shape index (κ3) is 5.78. The number of fused-ring (bicyclic) bond motifs is 3. The van der Waals surface area contributed by atoms with Crippen LogP contribution < -0.4 is 4.90 Å². The molecular formula is C48H34N2O10. The Labute approximate surface area is 340 Å². The normalized spacial score (nSPS) is 11.3. The first kappa shape index (κ1) is 37.0. The minimum absolute atomic E-state index is 0.200. The zero-order valence-corrected chi connectivity index (χ0v) is 31.2. The second-order valence-corrected chi connectivity index (χ2v) is 14.1. The van der Waals surface area contributed by atoms with Crippen LogP contribution in [-0.2, 0) is 0 Å². The number of para-hydroxylation sites is 2. The first-order valence-corrected chi connectivity index (χ1v) is 18.5. The van der Waals surface area contributed by atoms with Gasteiger partial charge in [-0.2, -0.15) is 0 Å². The molecule has 1 heterocycles. The molecule has 9 rings (SSSR count). The van der Waals surface area contributed by atoms with Gasteiger partial charge in [-0.25, -0.2) is 0 Å². The van der Waals surface area contributed by atoms with Gasteiger partial charge in [0.05, 0.1) is 22.2 Å². The summed E-state index contributed by atoms with van der Waals surface area (Å²) in [6, 6.07) is 45.5. The second-order valence-electron chi connectivity index (χ2n) is 14.1. The van der Waals surface area contributed by atoms with Crippen molar-refractivity contribution in [1.29, 1.82) is 0 Å². The topological polar surface area (TPSA) is 210 Å². The molecule has 0 aliphatic carbocycles. The van der Waals surface area contributed by atoms with E-state index in [9.17, 15) is 51.1 Å². The Morgan fingerprint density at radius 1 is 0.300 bits per heavy atom. The van der Waals surface area contributed by atoms with Gasteiger partial charge in [-0.05, 0) is 82.9 Å². The van der Waals surface area contributed by atoms with Crippen LogP contribution in [0.2, 0.25) is 0 Å². The summed E-state index contributed by atoms with van der Waals surface area (Å²) >= 11 is 0. The molecule has 296 valence electrons. The largest absolute Gasteiger partial charge is 0.504 e. The van der Waals surface area contributed by atoms with Gasteiger partial charge in [0.15, 0.2) is 23.0 Å². The van der Waals surface area contributed by atoms with Crippen molar-refractivity contribution >= 4 is 38.9 Å². The monoisotopic (exact) mass is 798 g/mol. The van der Waals surface area contributed by atoms with Gasteiger partial charge in [0, 0.05) is 33.5 Å². The van der Waals surface area contributed by atoms with E-state index in [4.69, 9.17) is 0 Å². The van der Waals surface area contributed by atoms with Crippen LogP contribution in [0.25, 0.3) is 60.9 Å². The van der Waals surface area contributed by atoms with Crippen LogP contribution in [0.4, 0.5) is 17.1 Å². The summed E-state index contributed by atoms with van der Waals surface area (Å²) in [5.74, 6) is -9.48. The van der Waals surface area contributed by atoms with Crippen LogP contribution in [0.5, 0.6) is 57.5 Å². The fourth-order valence-corrected chi connectivity index (χ4v) is 7.75. The Hall–Kier alpha value is -8.64. The van der Waals surface area contributed by atoms with Crippen molar-refractivity contribution in [3.63, 3.8) is 0 Å². The fraction of sp³-hybridized carbons (Fsp3) is 0. The number of anilines is 3. The highest BCUT2D eigenvalue weighted by Crippen LogP contribution is 2.56. The number of phenolic OH excluding ortho intramolecular Hbond substituents is 10. The highest BCUT2D eigenvalue weighted by molar-refractivity contribution is 6.09. The van der Waals surface area contributed by atoms with Crippen LogP contribution in [0.3, 0.4) is 0 Å². The molecular weight excluding hydrogens is 765 g/mol. The molecule has 0 saturated carbocycles. The lowest BCUT2D eigenvalue weighted by Crippen LogP contribution is -2.09. The third-order valence-electron chi connectivity index (χ3n) is 10.7. The van der Waals surface area contributed by atoms with Crippen molar-refractivity contribution in [3.05, 3.63) is 146 Å². The fourth-order valence-electron chi connectivity index (χ4n) is 7.75. The zero-order valence-electron chi connectivity index (χ0n) is 31.2. The Morgan fingerprint density at radius 3 is 1.05 bits per heavy atom. The van der Waals surface area contributed by atoms with Gasteiger partial charge in [-0.15, -0.1) is 0 Å². The van der Waals surface area contributed by atoms with E-state index in [-0.39, 0.29) is 22.3 Å². The van der Waals surface area contributed by atoms with E-state index >= 15 is 0 Å². The Bertz CT molecular complexity index is 2920. The van der Waals surface area contributed by atoms with Gasteiger partial charge in [0.25, 0.3) is 0 Å². The smallest absolute Gasteiger partial charge is 0.208 e. The summed E-state index contributed by atoms with van der Waals surface area (Å²) in [7, 11) is 0. The summed E-state index contributed by atoms with van der Waals surface area (Å²) in [6.07, 6.45) is 0. The summed E-state index contributed by atoms with van der Waals surface area (Å²) < 4.78 is 2.25. The van der Waals surface area contributed by atoms with E-state index in [2.05, 4.69) is 41.0 Å². The van der Waals surface area contributed by atoms with E-state index in [0.717, 1.165) is 38.6 Å². The van der Waals surface area contributed by atoms with Crippen molar-refractivity contribution in [2.24, 2.45) is 0 Å². The molecule has 60 heavy (non-hydrogen) atoms. The minimum atomic E-state index is -1.07. The van der Waals surface area contributed by atoms with Crippen molar-refractivity contribution in [2.45, 2.75) is 0 Å². The van der Waals surface area contributed by atoms with Gasteiger partial charge in [0.1, 0.15) is 0 Å². The quantitative estimate of drug-likeness (QED) is 0.0541. The lowest BCUT2D eigenvalue weighted by atomic mass is 9.99. The number of phenols is 10. The molecule has 1 aromatic heterocycles. The molecule has 12 nitrogen and oxygen atoms in total. The molecule has 0 aliphatic heterocycles. The highest BCUT2D eigenvalue weighted by Gasteiger charge is 2.26. The van der Waals surface area contributed by atoms with E-state index in [1.165, 1.54) is 24.3 Å². The Balaban J connectivity index is 1.12. The van der Waals surface area contributed by atoms with E-state index in [1.54, 1.807) is 24.3 Å². The number of hydrogen-bond acceptors (Lipinski definition) is 11. The maximum Gasteiger partial charge on any atom is 0.208 e. The van der Waals surface area contributed by atoms with Crippen LogP contribution in [0.1, 0.15) is 0 Å². The van der Waals surface area contributed by atoms with Gasteiger partial charge < -0.3 is 60.5 Å². The second kappa shape index (κ2) is 14.1. The number of rotatable bonds is 7. The van der Waals surface area contributed by atoms with E-state index in [1.807, 2.05) is 65.6 Å². The van der Waals surface area contributed by atoms with Crippen molar-refractivity contribution in [3.8, 4) is 96.6 Å². The molecule has 12 heteroatoms. The highest BCUT2D eigenvalue weighted by atomic mass is 16.4. The SMILES string of the molecule is Oc1c(O)c(O)c(-c2ccc(N(c3ccc(-c4cccc(-n5c6ccccc6c6ccccc65)c4)cc3)c3ccc(-c4c(O)c(O)c(O)c(O)c4O)cc3)cc2)c(O)c1O. The predicted molar refractivity (Wildman–Crippen MR) is 228 cm³/mol. The van der Waals surface area contributed by atoms with Gasteiger partial charge in [0.2, 0.25) is 34.5 Å². The maximum absolute atomic E-state index is 10.6. The first-order valence-electron chi connectivity index (χ1n) is 18.5. The predicted octanol–water partition coefficient (Wildman–Crippen LogP) is 10.3. The molecule has 0 aliphatic rings. The average molecular weight is 799 g/mol. The average Bonchev–Trinajstić information content (AvgIpc) is 3.62. The number of hydrogen-bond donors (Lipinski definition) is 10. The number of aromatic hydroxyl groups is 10. The molecule has 0 spiro atoms. The molecule has 0 amide bonds. The molecule has 0 saturated heterocycles. The minimum Gasteiger partial charge on any atom is -0.504 e. The van der Waals surface area contributed by atoms with Crippen molar-refractivity contribution < 1.29 is 51.1 Å². The van der Waals surface area contributed by atoms with Crippen LogP contribution in [0.15, 0.2) is 146 Å². The van der Waals surface area contributed by atoms with Crippen molar-refractivity contribution in [1.82, 2.24) is 4.57 Å². The lowest BCUT2D eigenvalue weighted by Gasteiger charge is -2.26. The lowest BCUT2D eigenvalue weighted by molar-refractivity contribution is 0.330. The number of nitrogens with zero attached hydrogens (tertiary/aromatic N) is 2.